The molecule has 0 saturated carbocycles. The maximum absolute atomic E-state index is 13.0. The molecule has 1 aromatic carbocycles. The number of carbonyl (C=O) groups is 1. The number of nitrogens with one attached hydrogen (secondary N) is 3. The number of hydrogen-bond acceptors (Lipinski definition) is 4. The number of rotatable bonds is 7. The SMILES string of the molecule is O=C(COC(c1ccccc1)C(F)(F)F)NCCc1n[nH]c(=O)[nH]1. The van der Waals surface area contributed by atoms with Gasteiger partial charge in [-0.3, -0.25) is 9.78 Å². The van der Waals surface area contributed by atoms with E-state index in [1.807, 2.05) is 0 Å². The van der Waals surface area contributed by atoms with Crippen molar-refractivity contribution in [2.75, 3.05) is 13.2 Å². The number of hydrogen-bond donors (Lipinski definition) is 3. The summed E-state index contributed by atoms with van der Waals surface area (Å²) < 4.78 is 43.8. The van der Waals surface area contributed by atoms with E-state index in [1.165, 1.54) is 24.3 Å². The zero-order valence-corrected chi connectivity index (χ0v) is 12.4. The number of nitrogens with zero attached hydrogens (tertiary/aromatic N) is 1. The lowest BCUT2D eigenvalue weighted by atomic mass is 10.1. The molecule has 0 fully saturated rings. The van der Waals surface area contributed by atoms with Crippen molar-refractivity contribution in [2.24, 2.45) is 0 Å². The molecule has 0 saturated heterocycles. The van der Waals surface area contributed by atoms with Crippen LogP contribution in [0.4, 0.5) is 13.2 Å². The van der Waals surface area contributed by atoms with E-state index in [0.29, 0.717) is 5.82 Å². The predicted molar refractivity (Wildman–Crippen MR) is 77.1 cm³/mol. The molecule has 0 spiro atoms. The third kappa shape index (κ3) is 5.23. The van der Waals surface area contributed by atoms with Gasteiger partial charge in [0.15, 0.2) is 6.10 Å². The Morgan fingerprint density at radius 2 is 2.00 bits per heavy atom. The van der Waals surface area contributed by atoms with E-state index in [4.69, 9.17) is 4.74 Å². The van der Waals surface area contributed by atoms with Gasteiger partial charge in [0.05, 0.1) is 0 Å². The molecule has 0 aliphatic heterocycles. The number of benzene rings is 1. The second kappa shape index (κ2) is 7.77. The maximum Gasteiger partial charge on any atom is 0.418 e. The lowest BCUT2D eigenvalue weighted by molar-refractivity contribution is -0.223. The van der Waals surface area contributed by atoms with Crippen molar-refractivity contribution in [3.05, 3.63) is 52.2 Å². The summed E-state index contributed by atoms with van der Waals surface area (Å²) in [4.78, 5) is 24.8. The Labute approximate surface area is 134 Å². The fourth-order valence-corrected chi connectivity index (χ4v) is 1.96. The van der Waals surface area contributed by atoms with Crippen LogP contribution in [-0.4, -0.2) is 40.4 Å². The van der Waals surface area contributed by atoms with E-state index < -0.39 is 30.5 Å². The number of H-pyrrole nitrogens is 2. The fraction of sp³-hybridized carbons (Fsp3) is 0.357. The molecule has 24 heavy (non-hydrogen) atoms. The van der Waals surface area contributed by atoms with Crippen LogP contribution in [0, 0.1) is 0 Å². The van der Waals surface area contributed by atoms with Gasteiger partial charge in [0.1, 0.15) is 12.4 Å². The molecule has 1 atom stereocenters. The van der Waals surface area contributed by atoms with E-state index in [9.17, 15) is 22.8 Å². The molecule has 7 nitrogen and oxygen atoms in total. The van der Waals surface area contributed by atoms with E-state index in [2.05, 4.69) is 20.5 Å². The minimum absolute atomic E-state index is 0.0769. The second-order valence-electron chi connectivity index (χ2n) is 4.87. The van der Waals surface area contributed by atoms with Crippen LogP contribution in [0.2, 0.25) is 0 Å². The summed E-state index contributed by atoms with van der Waals surface area (Å²) in [6.45, 7) is -0.638. The van der Waals surface area contributed by atoms with E-state index >= 15 is 0 Å². The molecule has 1 unspecified atom stereocenters. The minimum atomic E-state index is -4.63. The average Bonchev–Trinajstić information content (AvgIpc) is 2.93. The van der Waals surface area contributed by atoms with E-state index in [0.717, 1.165) is 0 Å². The van der Waals surface area contributed by atoms with Crippen molar-refractivity contribution in [3.8, 4) is 0 Å². The highest BCUT2D eigenvalue weighted by molar-refractivity contribution is 5.77. The first-order valence-electron chi connectivity index (χ1n) is 7.00. The van der Waals surface area contributed by atoms with Crippen molar-refractivity contribution in [3.63, 3.8) is 0 Å². The predicted octanol–water partition coefficient (Wildman–Crippen LogP) is 1.08. The van der Waals surface area contributed by atoms with Crippen molar-refractivity contribution in [1.29, 1.82) is 0 Å². The van der Waals surface area contributed by atoms with Gasteiger partial charge in [-0.15, -0.1) is 0 Å². The lowest BCUT2D eigenvalue weighted by Gasteiger charge is -2.21. The minimum Gasteiger partial charge on any atom is -0.354 e. The van der Waals surface area contributed by atoms with Crippen LogP contribution in [0.3, 0.4) is 0 Å². The van der Waals surface area contributed by atoms with Gasteiger partial charge in [-0.1, -0.05) is 30.3 Å². The smallest absolute Gasteiger partial charge is 0.354 e. The summed E-state index contributed by atoms with van der Waals surface area (Å²) in [6, 6.07) is 7.07. The van der Waals surface area contributed by atoms with Gasteiger partial charge in [-0.05, 0) is 5.56 Å². The van der Waals surface area contributed by atoms with Crippen LogP contribution in [0.15, 0.2) is 35.1 Å². The summed E-state index contributed by atoms with van der Waals surface area (Å²) in [7, 11) is 0. The number of halogens is 3. The van der Waals surface area contributed by atoms with Crippen LogP contribution in [0.5, 0.6) is 0 Å². The first-order chi connectivity index (χ1) is 11.4. The molecular weight excluding hydrogens is 329 g/mol. The number of alkyl halides is 3. The molecule has 2 aromatic rings. The molecule has 2 rings (SSSR count). The lowest BCUT2D eigenvalue weighted by Crippen LogP contribution is -2.33. The zero-order valence-electron chi connectivity index (χ0n) is 12.4. The Balaban J connectivity index is 1.83. The third-order valence-corrected chi connectivity index (χ3v) is 3.01. The van der Waals surface area contributed by atoms with Crippen LogP contribution >= 0.6 is 0 Å². The highest BCUT2D eigenvalue weighted by atomic mass is 19.4. The Morgan fingerprint density at radius 1 is 1.29 bits per heavy atom. The first kappa shape index (κ1) is 17.7. The van der Waals surface area contributed by atoms with Gasteiger partial charge >= 0.3 is 11.9 Å². The maximum atomic E-state index is 13.0. The molecule has 3 N–H and O–H groups in total. The van der Waals surface area contributed by atoms with Gasteiger partial charge in [-0.2, -0.15) is 18.3 Å². The van der Waals surface area contributed by atoms with Crippen molar-refractivity contribution >= 4 is 5.91 Å². The summed E-state index contributed by atoms with van der Waals surface area (Å²) in [6.07, 6.45) is -6.57. The molecule has 1 aromatic heterocycles. The molecule has 0 radical (unpaired) electrons. The van der Waals surface area contributed by atoms with Crippen LogP contribution in [0.25, 0.3) is 0 Å². The molecule has 0 aliphatic carbocycles. The summed E-state index contributed by atoms with van der Waals surface area (Å²) in [5.41, 5.74) is -0.553. The Morgan fingerprint density at radius 3 is 2.58 bits per heavy atom. The van der Waals surface area contributed by atoms with Crippen molar-refractivity contribution in [1.82, 2.24) is 20.5 Å². The number of aromatic amines is 2. The van der Waals surface area contributed by atoms with Gasteiger partial charge in [-0.25, -0.2) is 9.89 Å². The van der Waals surface area contributed by atoms with Crippen LogP contribution < -0.4 is 11.0 Å². The van der Waals surface area contributed by atoms with Crippen LogP contribution in [0.1, 0.15) is 17.5 Å². The van der Waals surface area contributed by atoms with E-state index in [-0.39, 0.29) is 18.5 Å². The fourth-order valence-electron chi connectivity index (χ4n) is 1.96. The normalized spacial score (nSPS) is 12.8. The highest BCUT2D eigenvalue weighted by Gasteiger charge is 2.42. The molecule has 0 aliphatic rings. The van der Waals surface area contributed by atoms with Gasteiger partial charge in [0.25, 0.3) is 0 Å². The average molecular weight is 344 g/mol. The molecule has 1 amide bonds. The number of aromatic nitrogens is 3. The van der Waals surface area contributed by atoms with Crippen LogP contribution in [-0.2, 0) is 16.0 Å². The summed E-state index contributed by atoms with van der Waals surface area (Å²) in [5.74, 6) is -0.364. The number of amides is 1. The van der Waals surface area contributed by atoms with E-state index in [1.54, 1.807) is 6.07 Å². The molecule has 130 valence electrons. The van der Waals surface area contributed by atoms with Crippen molar-refractivity contribution < 1.29 is 22.7 Å². The van der Waals surface area contributed by atoms with Gasteiger partial charge in [0, 0.05) is 13.0 Å². The standard InChI is InChI=1S/C14H15F3N4O3/c15-14(16,17)12(9-4-2-1-3-5-9)24-8-11(22)18-7-6-10-19-13(23)21-20-10/h1-5,12H,6-8H2,(H,18,22)(H2,19,20,21,23). The molecular formula is C14H15F3N4O3. The number of ether oxygens (including phenoxy) is 1. The third-order valence-electron chi connectivity index (χ3n) is 3.01. The monoisotopic (exact) mass is 344 g/mol. The van der Waals surface area contributed by atoms with Gasteiger partial charge in [0.2, 0.25) is 5.91 Å². The topological polar surface area (TPSA) is 99.9 Å². The Bertz CT molecular complexity index is 712. The largest absolute Gasteiger partial charge is 0.418 e. The Kier molecular flexibility index (Phi) is 5.74. The summed E-state index contributed by atoms with van der Waals surface area (Å²) in [5, 5.41) is 8.18. The summed E-state index contributed by atoms with van der Waals surface area (Å²) >= 11 is 0. The van der Waals surface area contributed by atoms with Crippen molar-refractivity contribution in [2.45, 2.75) is 18.7 Å². The highest BCUT2D eigenvalue weighted by Crippen LogP contribution is 2.35. The number of carbonyl (C=O) groups excluding carboxylic acids is 1. The quantitative estimate of drug-likeness (QED) is 0.700. The molecule has 10 heteroatoms. The van der Waals surface area contributed by atoms with Gasteiger partial charge < -0.3 is 10.1 Å². The first-order valence-corrected chi connectivity index (χ1v) is 7.00. The Hall–Kier alpha value is -2.62. The second-order valence-corrected chi connectivity index (χ2v) is 4.87. The zero-order chi connectivity index (χ0) is 17.6. The molecule has 0 bridgehead atoms. The molecule has 1 heterocycles.